The summed E-state index contributed by atoms with van der Waals surface area (Å²) in [6.45, 7) is 0. The second-order valence-corrected chi connectivity index (χ2v) is 6.65. The van der Waals surface area contributed by atoms with E-state index in [0.29, 0.717) is 17.1 Å². The van der Waals surface area contributed by atoms with Gasteiger partial charge < -0.3 is 10.9 Å². The standard InChI is InChI=1S/C21H19O3P.Li.H/c1-23-17-12-8-13-18(24-2)20(17)21(22)25-19-14-7-6-11-16(19)15-9-4-3-5-10-15;;/h3-14,25H,1-2H3;;/q;+1;-1. The maximum atomic E-state index is 13.0. The molecule has 3 nitrogen and oxygen atoms in total. The zero-order chi connectivity index (χ0) is 17.6. The van der Waals surface area contributed by atoms with Gasteiger partial charge in [0.2, 0.25) is 0 Å². The SMILES string of the molecule is COc1cccc(OC)c1C(=O)Pc1ccccc1-c1ccccc1.[H-].[Li+]. The van der Waals surface area contributed by atoms with Crippen LogP contribution in [0.4, 0.5) is 0 Å². The van der Waals surface area contributed by atoms with E-state index in [4.69, 9.17) is 9.47 Å². The number of ether oxygens (including phenoxy) is 2. The molecule has 0 spiro atoms. The predicted octanol–water partition coefficient (Wildman–Crippen LogP) is 1.63. The van der Waals surface area contributed by atoms with E-state index >= 15 is 0 Å². The van der Waals surface area contributed by atoms with Gasteiger partial charge in [-0.25, -0.2) is 0 Å². The third-order valence-corrected chi connectivity index (χ3v) is 5.10. The van der Waals surface area contributed by atoms with Crippen molar-refractivity contribution < 1.29 is 34.6 Å². The molecule has 1 atom stereocenters. The van der Waals surface area contributed by atoms with E-state index in [1.165, 1.54) is 0 Å². The summed E-state index contributed by atoms with van der Waals surface area (Å²) >= 11 is 0. The zero-order valence-corrected chi connectivity index (χ0v) is 16.2. The Morgan fingerprint density at radius 3 is 2.00 bits per heavy atom. The van der Waals surface area contributed by atoms with Crippen molar-refractivity contribution in [3.63, 3.8) is 0 Å². The Morgan fingerprint density at radius 1 is 0.808 bits per heavy atom. The topological polar surface area (TPSA) is 35.5 Å². The predicted molar refractivity (Wildman–Crippen MR) is 105 cm³/mol. The summed E-state index contributed by atoms with van der Waals surface area (Å²) in [5, 5.41) is 1.01. The molecule has 3 rings (SSSR count). The molecule has 0 radical (unpaired) electrons. The molecule has 0 aliphatic rings. The van der Waals surface area contributed by atoms with Crippen LogP contribution in [0.25, 0.3) is 11.1 Å². The number of carbonyl (C=O) groups excluding carboxylic acids is 1. The van der Waals surface area contributed by atoms with Crippen molar-refractivity contribution in [2.45, 2.75) is 0 Å². The molecule has 0 heterocycles. The maximum absolute atomic E-state index is 13.0. The Bertz CT molecular complexity index is 865. The van der Waals surface area contributed by atoms with Crippen LogP contribution in [0.1, 0.15) is 11.8 Å². The van der Waals surface area contributed by atoms with Gasteiger partial charge in [-0.05, 0) is 37.1 Å². The summed E-state index contributed by atoms with van der Waals surface area (Å²) in [5.41, 5.74) is 2.67. The van der Waals surface area contributed by atoms with E-state index in [0.717, 1.165) is 16.4 Å². The molecule has 0 bridgehead atoms. The third-order valence-electron chi connectivity index (χ3n) is 3.91. The molecular weight excluding hydrogens is 338 g/mol. The first-order valence-electron chi connectivity index (χ1n) is 7.91. The van der Waals surface area contributed by atoms with Crippen molar-refractivity contribution in [3.05, 3.63) is 78.4 Å². The van der Waals surface area contributed by atoms with Crippen LogP contribution in [0.2, 0.25) is 0 Å². The van der Waals surface area contributed by atoms with Crippen molar-refractivity contribution in [2.24, 2.45) is 0 Å². The smallest absolute Gasteiger partial charge is 1.00 e. The van der Waals surface area contributed by atoms with Crippen molar-refractivity contribution in [1.82, 2.24) is 0 Å². The molecule has 3 aromatic carbocycles. The van der Waals surface area contributed by atoms with E-state index in [2.05, 4.69) is 12.1 Å². The molecule has 0 amide bonds. The molecule has 0 aliphatic heterocycles. The minimum Gasteiger partial charge on any atom is -1.00 e. The van der Waals surface area contributed by atoms with Crippen LogP contribution in [0.5, 0.6) is 11.5 Å². The summed E-state index contributed by atoms with van der Waals surface area (Å²) in [7, 11) is 3.10. The Labute approximate surface area is 169 Å². The molecule has 0 saturated carbocycles. The molecule has 128 valence electrons. The molecule has 0 saturated heterocycles. The van der Waals surface area contributed by atoms with E-state index < -0.39 is 0 Å². The van der Waals surface area contributed by atoms with Crippen LogP contribution in [0.15, 0.2) is 72.8 Å². The second-order valence-electron chi connectivity index (χ2n) is 5.40. The van der Waals surface area contributed by atoms with Gasteiger partial charge in [-0.15, -0.1) is 0 Å². The van der Waals surface area contributed by atoms with Gasteiger partial charge >= 0.3 is 18.9 Å². The normalized spacial score (nSPS) is 10.4. The molecule has 1 unspecified atom stereocenters. The first-order valence-corrected chi connectivity index (χ1v) is 8.91. The van der Waals surface area contributed by atoms with E-state index in [9.17, 15) is 4.79 Å². The van der Waals surface area contributed by atoms with Crippen molar-refractivity contribution in [1.29, 1.82) is 0 Å². The molecular formula is C21H20LiO3P. The average Bonchev–Trinajstić information content (AvgIpc) is 2.68. The number of rotatable bonds is 6. The first-order chi connectivity index (χ1) is 12.2. The van der Waals surface area contributed by atoms with Crippen LogP contribution in [0, 0.1) is 0 Å². The summed E-state index contributed by atoms with van der Waals surface area (Å²) < 4.78 is 10.7. The molecule has 5 heteroatoms. The Hall–Kier alpha value is -2.04. The fourth-order valence-corrected chi connectivity index (χ4v) is 3.88. The molecule has 3 aromatic rings. The largest absolute Gasteiger partial charge is 1.00 e. The molecule has 0 fully saturated rings. The average molecular weight is 358 g/mol. The Morgan fingerprint density at radius 2 is 1.38 bits per heavy atom. The van der Waals surface area contributed by atoms with Crippen LogP contribution in [-0.4, -0.2) is 19.7 Å². The molecule has 0 aliphatic carbocycles. The van der Waals surface area contributed by atoms with Gasteiger partial charge in [0.15, 0.2) is 5.52 Å². The monoisotopic (exact) mass is 358 g/mol. The fraction of sp³-hybridized carbons (Fsp3) is 0.0952. The first kappa shape index (κ1) is 20.3. The number of hydrogen-bond donors (Lipinski definition) is 0. The number of benzene rings is 3. The van der Waals surface area contributed by atoms with Crippen LogP contribution in [0.3, 0.4) is 0 Å². The van der Waals surface area contributed by atoms with Crippen LogP contribution < -0.4 is 33.6 Å². The third kappa shape index (κ3) is 4.37. The van der Waals surface area contributed by atoms with E-state index in [1.54, 1.807) is 26.4 Å². The Kier molecular flexibility index (Phi) is 7.48. The zero-order valence-electron chi connectivity index (χ0n) is 16.2. The van der Waals surface area contributed by atoms with Crippen LogP contribution >= 0.6 is 8.58 Å². The number of carbonyl (C=O) groups is 1. The minimum atomic E-state index is -0.0200. The Balaban J connectivity index is 0.00000182. The van der Waals surface area contributed by atoms with Gasteiger partial charge in [-0.1, -0.05) is 60.7 Å². The summed E-state index contributed by atoms with van der Waals surface area (Å²) in [4.78, 5) is 13.0. The minimum absolute atomic E-state index is 0. The van der Waals surface area contributed by atoms with Crippen molar-refractivity contribution in [2.75, 3.05) is 14.2 Å². The van der Waals surface area contributed by atoms with Gasteiger partial charge in [0.1, 0.15) is 17.1 Å². The summed E-state index contributed by atoms with van der Waals surface area (Å²) in [6, 6.07) is 23.5. The maximum Gasteiger partial charge on any atom is 1.00 e. The van der Waals surface area contributed by atoms with Crippen LogP contribution in [-0.2, 0) is 0 Å². The molecule has 26 heavy (non-hydrogen) atoms. The quantitative estimate of drug-likeness (QED) is 0.496. The summed E-state index contributed by atoms with van der Waals surface area (Å²) in [6.07, 6.45) is 0. The van der Waals surface area contributed by atoms with Gasteiger partial charge in [0, 0.05) is 0 Å². The number of hydrogen-bond acceptors (Lipinski definition) is 3. The van der Waals surface area contributed by atoms with Gasteiger partial charge in [-0.2, -0.15) is 0 Å². The van der Waals surface area contributed by atoms with Crippen molar-refractivity contribution >= 4 is 19.4 Å². The number of methoxy groups -OCH3 is 2. The molecule has 0 aromatic heterocycles. The van der Waals surface area contributed by atoms with E-state index in [1.807, 2.05) is 48.5 Å². The second kappa shape index (κ2) is 9.60. The van der Waals surface area contributed by atoms with Gasteiger partial charge in [-0.3, -0.25) is 4.79 Å². The van der Waals surface area contributed by atoms with Gasteiger partial charge in [0.25, 0.3) is 0 Å². The summed E-state index contributed by atoms with van der Waals surface area (Å²) in [5.74, 6) is 1.07. The molecule has 0 N–H and O–H groups in total. The van der Waals surface area contributed by atoms with E-state index in [-0.39, 0.29) is 34.4 Å². The fourth-order valence-electron chi connectivity index (χ4n) is 2.72. The van der Waals surface area contributed by atoms with Gasteiger partial charge in [0.05, 0.1) is 14.2 Å². The van der Waals surface area contributed by atoms with Crippen molar-refractivity contribution in [3.8, 4) is 22.6 Å².